The molecule has 10 heteroatoms. The number of rotatable bonds is 6. The summed E-state index contributed by atoms with van der Waals surface area (Å²) in [6, 6.07) is 6.59. The van der Waals surface area contributed by atoms with Gasteiger partial charge in [0.2, 0.25) is 15.9 Å². The summed E-state index contributed by atoms with van der Waals surface area (Å²) in [5, 5.41) is 2.45. The quantitative estimate of drug-likeness (QED) is 0.744. The van der Waals surface area contributed by atoms with Crippen LogP contribution in [0.25, 0.3) is 0 Å². The van der Waals surface area contributed by atoms with Crippen LogP contribution >= 0.6 is 0 Å². The van der Waals surface area contributed by atoms with Crippen LogP contribution in [0, 0.1) is 5.82 Å². The highest BCUT2D eigenvalue weighted by Crippen LogP contribution is 2.19. The number of amides is 2. The summed E-state index contributed by atoms with van der Waals surface area (Å²) in [5.41, 5.74) is 0.431. The number of anilines is 1. The second-order valence-electron chi connectivity index (χ2n) is 6.92. The molecule has 0 unspecified atom stereocenters. The zero-order valence-corrected chi connectivity index (χ0v) is 16.8. The number of sulfonamides is 1. The highest BCUT2D eigenvalue weighted by Gasteiger charge is 2.27. The van der Waals surface area contributed by atoms with Gasteiger partial charge >= 0.3 is 0 Å². The first-order chi connectivity index (χ1) is 13.8. The van der Waals surface area contributed by atoms with Gasteiger partial charge in [-0.25, -0.2) is 12.8 Å². The summed E-state index contributed by atoms with van der Waals surface area (Å²) in [6.45, 7) is 0.847. The first-order valence-corrected chi connectivity index (χ1v) is 10.7. The van der Waals surface area contributed by atoms with Gasteiger partial charge in [-0.05, 0) is 43.5 Å². The lowest BCUT2D eigenvalue weighted by Gasteiger charge is -2.26. The number of carbonyl (C=O) groups excluding carboxylic acids is 2. The zero-order valence-electron chi connectivity index (χ0n) is 16.0. The zero-order chi connectivity index (χ0) is 21.0. The molecule has 8 nitrogen and oxygen atoms in total. The van der Waals surface area contributed by atoms with Gasteiger partial charge in [0.25, 0.3) is 5.91 Å². The van der Waals surface area contributed by atoms with Gasteiger partial charge in [0.05, 0.1) is 6.54 Å². The molecule has 0 aliphatic carbocycles. The van der Waals surface area contributed by atoms with Crippen LogP contribution in [0.1, 0.15) is 29.8 Å². The molecule has 156 valence electrons. The monoisotopic (exact) mass is 422 g/mol. The summed E-state index contributed by atoms with van der Waals surface area (Å²) < 4.78 is 39.5. The predicted octanol–water partition coefficient (Wildman–Crippen LogP) is 2.04. The van der Waals surface area contributed by atoms with Gasteiger partial charge < -0.3 is 15.2 Å². The second kappa shape index (κ2) is 8.75. The molecule has 29 heavy (non-hydrogen) atoms. The van der Waals surface area contributed by atoms with Crippen molar-refractivity contribution in [2.24, 2.45) is 0 Å². The third kappa shape index (κ3) is 5.01. The number of nitrogens with one attached hydrogen (secondary N) is 2. The molecule has 0 atom stereocenters. The number of hydrogen-bond donors (Lipinski definition) is 2. The van der Waals surface area contributed by atoms with Crippen molar-refractivity contribution in [2.75, 3.05) is 32.0 Å². The van der Waals surface area contributed by atoms with Gasteiger partial charge in [0, 0.05) is 32.0 Å². The Bertz CT molecular complexity index is 999. The summed E-state index contributed by atoms with van der Waals surface area (Å²) in [7, 11) is -2.72. The number of piperidine rings is 1. The molecule has 0 spiro atoms. The van der Waals surface area contributed by atoms with E-state index in [1.807, 2.05) is 0 Å². The van der Waals surface area contributed by atoms with E-state index in [4.69, 9.17) is 0 Å². The number of carbonyl (C=O) groups is 2. The highest BCUT2D eigenvalue weighted by atomic mass is 32.2. The smallest absolute Gasteiger partial charge is 0.270 e. The van der Waals surface area contributed by atoms with E-state index in [0.717, 1.165) is 29.6 Å². The minimum absolute atomic E-state index is 0.0982. The van der Waals surface area contributed by atoms with Crippen LogP contribution in [-0.4, -0.2) is 61.1 Å². The van der Waals surface area contributed by atoms with Crippen molar-refractivity contribution in [3.05, 3.63) is 48.0 Å². The number of hydrogen-bond acceptors (Lipinski definition) is 4. The Morgan fingerprint density at radius 3 is 2.62 bits per heavy atom. The van der Waals surface area contributed by atoms with Crippen molar-refractivity contribution < 1.29 is 22.4 Å². The first-order valence-electron chi connectivity index (χ1n) is 9.27. The number of H-pyrrole nitrogens is 1. The molecule has 1 aliphatic heterocycles. The van der Waals surface area contributed by atoms with Gasteiger partial charge in [-0.3, -0.25) is 9.59 Å². The van der Waals surface area contributed by atoms with Crippen molar-refractivity contribution in [2.45, 2.75) is 24.2 Å². The SMILES string of the molecule is CN(CC(=O)Nc1cccc(F)c1)S(=O)(=O)c1c[nH]c(C(=O)N2CCCCC2)c1. The van der Waals surface area contributed by atoms with Gasteiger partial charge in [0.15, 0.2) is 0 Å². The Hall–Kier alpha value is -2.72. The fraction of sp³-hybridized carbons (Fsp3) is 0.368. The number of likely N-dealkylation sites (tertiary alicyclic amines) is 1. The summed E-state index contributed by atoms with van der Waals surface area (Å²) >= 11 is 0. The van der Waals surface area contributed by atoms with E-state index in [1.54, 1.807) is 4.90 Å². The molecule has 0 radical (unpaired) electrons. The lowest BCUT2D eigenvalue weighted by molar-refractivity contribution is -0.116. The number of nitrogens with zero attached hydrogens (tertiary/aromatic N) is 2. The number of halogens is 1. The first kappa shape index (κ1) is 21.0. The number of aromatic amines is 1. The highest BCUT2D eigenvalue weighted by molar-refractivity contribution is 7.89. The standard InChI is InChI=1S/C19H23FN4O4S/c1-23(13-18(25)22-15-7-5-6-14(20)10-15)29(27,28)16-11-17(21-12-16)19(26)24-8-3-2-4-9-24/h5-7,10-12,21H,2-4,8-9,13H2,1H3,(H,22,25). The third-order valence-corrected chi connectivity index (χ3v) is 6.49. The Morgan fingerprint density at radius 1 is 1.21 bits per heavy atom. The van der Waals surface area contributed by atoms with Crippen LogP contribution in [0.5, 0.6) is 0 Å². The van der Waals surface area contributed by atoms with Gasteiger partial charge in [-0.1, -0.05) is 6.07 Å². The Kier molecular flexibility index (Phi) is 6.33. The van der Waals surface area contributed by atoms with Gasteiger partial charge in [0.1, 0.15) is 16.4 Å². The maximum Gasteiger partial charge on any atom is 0.270 e. The third-order valence-electron chi connectivity index (χ3n) is 4.71. The van der Waals surface area contributed by atoms with Crippen molar-refractivity contribution in [3.63, 3.8) is 0 Å². The van der Waals surface area contributed by atoms with Crippen LogP contribution in [-0.2, 0) is 14.8 Å². The lowest BCUT2D eigenvalue weighted by atomic mass is 10.1. The van der Waals surface area contributed by atoms with E-state index in [2.05, 4.69) is 10.3 Å². The molecule has 1 fully saturated rings. The minimum Gasteiger partial charge on any atom is -0.356 e. The van der Waals surface area contributed by atoms with Crippen LogP contribution < -0.4 is 5.32 Å². The van der Waals surface area contributed by atoms with Crippen LogP contribution in [0.15, 0.2) is 41.4 Å². The molecular weight excluding hydrogens is 399 g/mol. The minimum atomic E-state index is -3.98. The molecule has 1 aromatic heterocycles. The van der Waals surface area contributed by atoms with Crippen LogP contribution in [0.2, 0.25) is 0 Å². The summed E-state index contributed by atoms with van der Waals surface area (Å²) in [6.07, 6.45) is 4.19. The van der Waals surface area contributed by atoms with E-state index >= 15 is 0 Å². The summed E-state index contributed by atoms with van der Waals surface area (Å²) in [5.74, 6) is -1.36. The number of benzene rings is 1. The molecular formula is C19H23FN4O4S. The Balaban J connectivity index is 1.65. The molecule has 0 saturated carbocycles. The topological polar surface area (TPSA) is 103 Å². The maximum absolute atomic E-state index is 13.2. The lowest BCUT2D eigenvalue weighted by Crippen LogP contribution is -2.36. The van der Waals surface area contributed by atoms with Crippen LogP contribution in [0.3, 0.4) is 0 Å². The predicted molar refractivity (Wildman–Crippen MR) is 105 cm³/mol. The fourth-order valence-corrected chi connectivity index (χ4v) is 4.27. The van der Waals surface area contributed by atoms with E-state index in [9.17, 15) is 22.4 Å². The largest absolute Gasteiger partial charge is 0.356 e. The van der Waals surface area contributed by atoms with E-state index < -0.39 is 28.3 Å². The molecule has 1 aliphatic rings. The fourth-order valence-electron chi connectivity index (χ4n) is 3.15. The molecule has 2 heterocycles. The molecule has 2 aromatic rings. The van der Waals surface area contributed by atoms with E-state index in [1.165, 1.54) is 37.5 Å². The van der Waals surface area contributed by atoms with Crippen molar-refractivity contribution in [3.8, 4) is 0 Å². The summed E-state index contributed by atoms with van der Waals surface area (Å²) in [4.78, 5) is 29.0. The molecule has 2 amide bonds. The Morgan fingerprint density at radius 2 is 1.93 bits per heavy atom. The normalized spacial score (nSPS) is 14.8. The number of aromatic nitrogens is 1. The molecule has 1 aromatic carbocycles. The average Bonchev–Trinajstić information content (AvgIpc) is 3.19. The van der Waals surface area contributed by atoms with Gasteiger partial charge in [-0.15, -0.1) is 0 Å². The maximum atomic E-state index is 13.2. The molecule has 1 saturated heterocycles. The van der Waals surface area contributed by atoms with Crippen molar-refractivity contribution >= 4 is 27.5 Å². The van der Waals surface area contributed by atoms with Crippen molar-refractivity contribution in [1.82, 2.24) is 14.2 Å². The van der Waals surface area contributed by atoms with Crippen LogP contribution in [0.4, 0.5) is 10.1 Å². The molecule has 3 rings (SSSR count). The van der Waals surface area contributed by atoms with Gasteiger partial charge in [-0.2, -0.15) is 4.31 Å². The Labute approximate surface area is 168 Å². The number of likely N-dealkylation sites (N-methyl/N-ethyl adjacent to an activating group) is 1. The van der Waals surface area contributed by atoms with E-state index in [-0.39, 0.29) is 22.2 Å². The molecule has 0 bridgehead atoms. The van der Waals surface area contributed by atoms with E-state index in [0.29, 0.717) is 13.1 Å². The second-order valence-corrected chi connectivity index (χ2v) is 8.97. The van der Waals surface area contributed by atoms with Crippen molar-refractivity contribution in [1.29, 1.82) is 0 Å². The average molecular weight is 422 g/mol. The molecule has 2 N–H and O–H groups in total.